The van der Waals surface area contributed by atoms with Gasteiger partial charge in [0.15, 0.2) is 0 Å². The normalized spacial score (nSPS) is 11.6. The van der Waals surface area contributed by atoms with Crippen molar-refractivity contribution in [3.05, 3.63) is 119 Å². The molecule has 2 N–H and O–H groups in total. The van der Waals surface area contributed by atoms with Gasteiger partial charge in [-0.15, -0.1) is 0 Å². The summed E-state index contributed by atoms with van der Waals surface area (Å²) in [5.74, 6) is 0.648. The molecule has 0 bridgehead atoms. The van der Waals surface area contributed by atoms with Crippen molar-refractivity contribution >= 4 is 27.3 Å². The molecular weight excluding hydrogens is 415 g/mol. The molecule has 4 aromatic rings. The minimum absolute atomic E-state index is 0.285. The van der Waals surface area contributed by atoms with Crippen LogP contribution in [0.2, 0.25) is 0 Å². The van der Waals surface area contributed by atoms with Crippen LogP contribution in [0.25, 0.3) is 0 Å². The molecule has 0 atom stereocenters. The molecule has 0 radical (unpaired) electrons. The molecule has 0 amide bonds. The Hall–Kier alpha value is -2.87. The van der Waals surface area contributed by atoms with Crippen LogP contribution in [0.15, 0.2) is 97.1 Å². The molecule has 0 fully saturated rings. The van der Waals surface area contributed by atoms with E-state index in [1.807, 2.05) is 12.1 Å². The van der Waals surface area contributed by atoms with E-state index in [4.69, 9.17) is 0 Å². The lowest BCUT2D eigenvalue weighted by atomic mass is 10.0. The number of hydrogen-bond donors (Lipinski definition) is 2. The first-order valence-electron chi connectivity index (χ1n) is 10.5. The largest absolute Gasteiger partial charge is 0.507 e. The second-order valence-corrected chi connectivity index (χ2v) is 14.0. The third-order valence-electron chi connectivity index (χ3n) is 5.61. The van der Waals surface area contributed by atoms with Gasteiger partial charge in [0.2, 0.25) is 0 Å². The summed E-state index contributed by atoms with van der Waals surface area (Å²) in [4.78, 5) is 0. The van der Waals surface area contributed by atoms with Crippen LogP contribution in [0.5, 0.6) is 11.5 Å². The molecule has 4 rings (SSSR count). The second kappa shape index (κ2) is 9.51. The van der Waals surface area contributed by atoms with Gasteiger partial charge in [0, 0.05) is 16.2 Å². The summed E-state index contributed by atoms with van der Waals surface area (Å²) >= 11 is 0. The summed E-state index contributed by atoms with van der Waals surface area (Å²) in [5, 5.41) is 23.6. The van der Waals surface area contributed by atoms with Crippen molar-refractivity contribution in [2.75, 3.05) is 0 Å². The molecule has 0 heterocycles. The van der Waals surface area contributed by atoms with Crippen molar-refractivity contribution < 1.29 is 10.2 Å². The molecule has 156 valence electrons. The number of aromatic hydroxyl groups is 2. The first kappa shape index (κ1) is 21.4. The molecule has 0 aliphatic heterocycles. The van der Waals surface area contributed by atoms with Crippen LogP contribution >= 0.6 is 7.47 Å². The highest BCUT2D eigenvalue weighted by molar-refractivity contribution is 7.97. The number of phenols is 2. The molecule has 2 nitrogen and oxygen atoms in total. The van der Waals surface area contributed by atoms with Crippen molar-refractivity contribution in [3.8, 4) is 11.5 Å². The molecule has 0 saturated carbocycles. The van der Waals surface area contributed by atoms with Gasteiger partial charge >= 0.3 is 0 Å². The van der Waals surface area contributed by atoms with E-state index in [9.17, 15) is 10.2 Å². The summed E-state index contributed by atoms with van der Waals surface area (Å²) in [7, 11) is -1.76. The molecule has 0 aliphatic carbocycles. The molecule has 4 heteroatoms. The average molecular weight is 443 g/mol. The fraction of sp³-hybridized carbons (Fsp3) is 0.111. The number of hydrogen-bond acceptors (Lipinski definition) is 2. The molecule has 4 aromatic carbocycles. The number of benzene rings is 4. The molecular formula is C27H27O2PSi. The van der Waals surface area contributed by atoms with Gasteiger partial charge in [0.25, 0.3) is 0 Å². The summed E-state index contributed by atoms with van der Waals surface area (Å²) in [6, 6.07) is 32.9. The van der Waals surface area contributed by atoms with Gasteiger partial charge in [-0.3, -0.25) is 0 Å². The lowest BCUT2D eigenvalue weighted by Gasteiger charge is -2.27. The maximum absolute atomic E-state index is 10.8. The summed E-state index contributed by atoms with van der Waals surface area (Å²) < 4.78 is 0. The van der Waals surface area contributed by atoms with Gasteiger partial charge in [-0.25, -0.2) is 0 Å². The quantitative estimate of drug-likeness (QED) is 0.325. The smallest absolute Gasteiger partial charge is 0.123 e. The zero-order chi connectivity index (χ0) is 21.8. The maximum Gasteiger partial charge on any atom is 0.123 e. The van der Waals surface area contributed by atoms with E-state index in [1.54, 1.807) is 12.1 Å². The highest BCUT2D eigenvalue weighted by atomic mass is 31.4. The van der Waals surface area contributed by atoms with E-state index in [0.29, 0.717) is 11.5 Å². The zero-order valence-corrected chi connectivity index (χ0v) is 20.2. The molecule has 0 aromatic heterocycles. The van der Waals surface area contributed by atoms with E-state index in [1.165, 1.54) is 11.1 Å². The molecule has 0 aliphatic rings. The maximum atomic E-state index is 10.8. The zero-order valence-electron chi connectivity index (χ0n) is 17.9. The Labute approximate surface area is 187 Å². The fourth-order valence-electron chi connectivity index (χ4n) is 3.98. The van der Waals surface area contributed by atoms with E-state index >= 15 is 0 Å². The predicted octanol–water partition coefficient (Wildman–Crippen LogP) is 5.02. The van der Waals surface area contributed by atoms with Crippen molar-refractivity contribution in [1.82, 2.24) is 0 Å². The van der Waals surface area contributed by atoms with Gasteiger partial charge in [0.1, 0.15) is 11.5 Å². The minimum atomic E-state index is -0.884. The Morgan fingerprint density at radius 2 is 1.03 bits per heavy atom. The minimum Gasteiger partial charge on any atom is -0.507 e. The Morgan fingerprint density at radius 1 is 0.613 bits per heavy atom. The van der Waals surface area contributed by atoms with Crippen molar-refractivity contribution in [1.29, 1.82) is 0 Å². The lowest BCUT2D eigenvalue weighted by molar-refractivity contribution is 0.479. The molecule has 0 unspecified atom stereocenters. The second-order valence-electron chi connectivity index (χ2n) is 7.97. The Morgan fingerprint density at radius 3 is 1.45 bits per heavy atom. The summed E-state index contributed by atoms with van der Waals surface area (Å²) in [6.45, 7) is 4.11. The van der Waals surface area contributed by atoms with Crippen molar-refractivity contribution in [3.63, 3.8) is 0 Å². The summed E-state index contributed by atoms with van der Waals surface area (Å²) in [5.41, 5.74) is 5.13. The standard InChI is InChI=1S/C27H27O2PSi/c1-19-13-15-23(28)25(17-19)30(26-18-20(2)14-16-24(26)29)31-27(21-9-5-3-6-10-21)22-11-7-4-8-12-22/h3-18,27-29H,31H2,1-2H3. The van der Waals surface area contributed by atoms with Gasteiger partial charge in [-0.05, 0) is 49.2 Å². The van der Waals surface area contributed by atoms with E-state index in [0.717, 1.165) is 21.7 Å². The van der Waals surface area contributed by atoms with Gasteiger partial charge in [-0.2, -0.15) is 0 Å². The predicted molar refractivity (Wildman–Crippen MR) is 135 cm³/mol. The van der Waals surface area contributed by atoms with Crippen LogP contribution in [-0.4, -0.2) is 19.4 Å². The van der Waals surface area contributed by atoms with Gasteiger partial charge in [-0.1, -0.05) is 91.4 Å². The van der Waals surface area contributed by atoms with E-state index in [2.05, 4.69) is 86.6 Å². The number of aryl methyl sites for hydroxylation is 2. The third-order valence-corrected chi connectivity index (χ3v) is 13.4. The molecule has 0 saturated heterocycles. The highest BCUT2D eigenvalue weighted by Gasteiger charge is 2.27. The SMILES string of the molecule is Cc1ccc(O)c(P([SiH2]C(c2ccccc2)c2ccccc2)c2cc(C)ccc2O)c1. The fourth-order valence-corrected chi connectivity index (χ4v) is 12.4. The van der Waals surface area contributed by atoms with Crippen LogP contribution < -0.4 is 10.6 Å². The Balaban J connectivity index is 1.88. The lowest BCUT2D eigenvalue weighted by Crippen LogP contribution is -2.22. The highest BCUT2D eigenvalue weighted by Crippen LogP contribution is 2.43. The van der Waals surface area contributed by atoms with Crippen LogP contribution in [0.3, 0.4) is 0 Å². The topological polar surface area (TPSA) is 40.5 Å². The average Bonchev–Trinajstić information content (AvgIpc) is 2.79. The van der Waals surface area contributed by atoms with Crippen molar-refractivity contribution in [2.24, 2.45) is 0 Å². The van der Waals surface area contributed by atoms with Gasteiger partial charge in [0.05, 0.1) is 9.19 Å². The Kier molecular flexibility index (Phi) is 6.55. The number of rotatable bonds is 6. The molecule has 31 heavy (non-hydrogen) atoms. The van der Waals surface area contributed by atoms with Crippen LogP contribution in [0.4, 0.5) is 0 Å². The van der Waals surface area contributed by atoms with Crippen molar-refractivity contribution in [2.45, 2.75) is 19.4 Å². The van der Waals surface area contributed by atoms with Crippen LogP contribution in [0, 0.1) is 13.8 Å². The van der Waals surface area contributed by atoms with E-state index < -0.39 is 16.7 Å². The first-order valence-corrected chi connectivity index (χ1v) is 14.7. The van der Waals surface area contributed by atoms with Crippen LogP contribution in [0.1, 0.15) is 27.8 Å². The first-order chi connectivity index (χ1) is 15.0. The number of phenolic OH excluding ortho intramolecular Hbond substituents is 2. The Bertz CT molecular complexity index is 1070. The summed E-state index contributed by atoms with van der Waals surface area (Å²) in [6.07, 6.45) is 0. The van der Waals surface area contributed by atoms with Crippen LogP contribution in [-0.2, 0) is 0 Å². The monoisotopic (exact) mass is 442 g/mol. The van der Waals surface area contributed by atoms with E-state index in [-0.39, 0.29) is 5.54 Å². The molecule has 0 spiro atoms. The third kappa shape index (κ3) is 4.90. The van der Waals surface area contributed by atoms with Gasteiger partial charge < -0.3 is 10.2 Å².